The summed E-state index contributed by atoms with van der Waals surface area (Å²) < 4.78 is 44.9. The highest BCUT2D eigenvalue weighted by Crippen LogP contribution is 2.36. The van der Waals surface area contributed by atoms with Crippen molar-refractivity contribution in [1.29, 1.82) is 0 Å². The summed E-state index contributed by atoms with van der Waals surface area (Å²) in [7, 11) is -3.71. The first-order chi connectivity index (χ1) is 20.3. The van der Waals surface area contributed by atoms with Gasteiger partial charge in [0, 0.05) is 50.9 Å². The van der Waals surface area contributed by atoms with Gasteiger partial charge in [-0.05, 0) is 48.6 Å². The summed E-state index contributed by atoms with van der Waals surface area (Å²) in [6.45, 7) is 5.80. The molecule has 0 saturated carbocycles. The first-order valence-corrected chi connectivity index (χ1v) is 16.5. The van der Waals surface area contributed by atoms with Crippen LogP contribution in [0, 0.1) is 5.82 Å². The van der Waals surface area contributed by atoms with Crippen LogP contribution in [-0.4, -0.2) is 82.1 Å². The smallest absolute Gasteiger partial charge is 0.254 e. The van der Waals surface area contributed by atoms with Gasteiger partial charge < -0.3 is 14.6 Å². The van der Waals surface area contributed by atoms with E-state index in [1.165, 1.54) is 29.7 Å². The summed E-state index contributed by atoms with van der Waals surface area (Å²) in [5.74, 6) is -0.268. The van der Waals surface area contributed by atoms with Crippen LogP contribution in [0.5, 0.6) is 0 Å². The second-order valence-electron chi connectivity index (χ2n) is 11.4. The lowest BCUT2D eigenvalue weighted by atomic mass is 9.93. The number of piperazine rings is 1. The number of benzene rings is 2. The van der Waals surface area contributed by atoms with Gasteiger partial charge in [0.25, 0.3) is 10.0 Å². The zero-order valence-electron chi connectivity index (χ0n) is 23.3. The molecule has 42 heavy (non-hydrogen) atoms. The maximum Gasteiger partial charge on any atom is 0.254 e. The fourth-order valence-electron chi connectivity index (χ4n) is 6.59. The van der Waals surface area contributed by atoms with Crippen LogP contribution in [0.2, 0.25) is 0 Å². The first kappa shape index (κ1) is 27.7. The predicted octanol–water partition coefficient (Wildman–Crippen LogP) is 3.76. The number of aromatic nitrogens is 3. The van der Waals surface area contributed by atoms with Gasteiger partial charge in [-0.15, -0.1) is 0 Å². The standard InChI is InChI=1S/C30H33FN6O3S2/c1-20(21-5-7-23(31)8-6-21)37-19-32-14-28(37)27-4-2-3-22-16-36(10-9-26(22)27)42(39,40)29-15-33-30(41-29)35-12-11-34-18-25(38)13-24(34)17-35/h2-8,14-15,19-20,24-25,38H,9-13,16-18H2,1H3/t20-,24+,25-/m1/s1. The Morgan fingerprint density at radius 2 is 1.90 bits per heavy atom. The van der Waals surface area contributed by atoms with E-state index in [0.29, 0.717) is 26.1 Å². The molecule has 0 bridgehead atoms. The van der Waals surface area contributed by atoms with Crippen LogP contribution in [0.25, 0.3) is 11.3 Å². The Balaban J connectivity index is 1.11. The van der Waals surface area contributed by atoms with E-state index in [0.717, 1.165) is 59.1 Å². The van der Waals surface area contributed by atoms with Crippen molar-refractivity contribution < 1.29 is 17.9 Å². The first-order valence-electron chi connectivity index (χ1n) is 14.3. The molecule has 7 rings (SSSR count). The molecule has 3 atom stereocenters. The van der Waals surface area contributed by atoms with Gasteiger partial charge in [-0.3, -0.25) is 4.90 Å². The number of rotatable bonds is 6. The van der Waals surface area contributed by atoms with E-state index in [-0.39, 0.29) is 28.2 Å². The van der Waals surface area contributed by atoms with Crippen LogP contribution >= 0.6 is 11.3 Å². The largest absolute Gasteiger partial charge is 0.392 e. The van der Waals surface area contributed by atoms with Gasteiger partial charge in [0.05, 0.1) is 36.6 Å². The van der Waals surface area contributed by atoms with Gasteiger partial charge in [0.15, 0.2) is 9.34 Å². The van der Waals surface area contributed by atoms with Crippen molar-refractivity contribution in [3.05, 3.63) is 83.7 Å². The summed E-state index contributed by atoms with van der Waals surface area (Å²) in [4.78, 5) is 13.4. The monoisotopic (exact) mass is 608 g/mol. The molecule has 3 aliphatic heterocycles. The molecule has 2 fully saturated rings. The average Bonchev–Trinajstić information content (AvgIpc) is 3.76. The average molecular weight is 609 g/mol. The fraction of sp³-hybridized carbons (Fsp3) is 0.400. The van der Waals surface area contributed by atoms with Crippen molar-refractivity contribution in [1.82, 2.24) is 23.7 Å². The molecule has 2 aromatic carbocycles. The van der Waals surface area contributed by atoms with Gasteiger partial charge in [-0.25, -0.2) is 22.8 Å². The highest BCUT2D eigenvalue weighted by atomic mass is 32.2. The molecule has 220 valence electrons. The van der Waals surface area contributed by atoms with E-state index in [2.05, 4.69) is 37.3 Å². The van der Waals surface area contributed by atoms with Crippen molar-refractivity contribution in [2.24, 2.45) is 0 Å². The van der Waals surface area contributed by atoms with E-state index in [1.807, 2.05) is 18.3 Å². The molecule has 0 radical (unpaired) electrons. The van der Waals surface area contributed by atoms with E-state index in [1.54, 1.807) is 22.8 Å². The Morgan fingerprint density at radius 3 is 2.74 bits per heavy atom. The van der Waals surface area contributed by atoms with E-state index in [9.17, 15) is 17.9 Å². The number of nitrogens with zero attached hydrogens (tertiary/aromatic N) is 6. The molecular formula is C30H33FN6O3S2. The molecule has 0 amide bonds. The minimum Gasteiger partial charge on any atom is -0.392 e. The molecule has 2 aromatic heterocycles. The molecule has 9 nitrogen and oxygen atoms in total. The number of thiazole rings is 1. The zero-order chi connectivity index (χ0) is 29.0. The number of aliphatic hydroxyl groups excluding tert-OH is 1. The minimum atomic E-state index is -3.71. The Hall–Kier alpha value is -3.16. The number of imidazole rings is 1. The van der Waals surface area contributed by atoms with E-state index >= 15 is 0 Å². The Labute approximate surface area is 248 Å². The predicted molar refractivity (Wildman–Crippen MR) is 159 cm³/mol. The highest BCUT2D eigenvalue weighted by molar-refractivity contribution is 7.91. The lowest BCUT2D eigenvalue weighted by Gasteiger charge is -2.37. The van der Waals surface area contributed by atoms with Gasteiger partial charge in [0.1, 0.15) is 5.82 Å². The van der Waals surface area contributed by atoms with Crippen LogP contribution in [0.1, 0.15) is 36.1 Å². The number of aliphatic hydroxyl groups is 1. The molecule has 3 aliphatic rings. The van der Waals surface area contributed by atoms with E-state index < -0.39 is 10.0 Å². The molecule has 0 aliphatic carbocycles. The van der Waals surface area contributed by atoms with Gasteiger partial charge >= 0.3 is 0 Å². The minimum absolute atomic E-state index is 0.0540. The van der Waals surface area contributed by atoms with Crippen molar-refractivity contribution >= 4 is 26.5 Å². The molecular weight excluding hydrogens is 576 g/mol. The number of hydrogen-bond acceptors (Lipinski definition) is 8. The third-order valence-corrected chi connectivity index (χ3v) is 12.2. The Kier molecular flexibility index (Phi) is 7.14. The maximum absolute atomic E-state index is 13.8. The molecule has 1 N–H and O–H groups in total. The summed E-state index contributed by atoms with van der Waals surface area (Å²) >= 11 is 1.23. The lowest BCUT2D eigenvalue weighted by Crippen LogP contribution is -2.50. The van der Waals surface area contributed by atoms with Crippen molar-refractivity contribution in [2.45, 2.75) is 48.7 Å². The van der Waals surface area contributed by atoms with Crippen molar-refractivity contribution in [3.8, 4) is 11.3 Å². The maximum atomic E-state index is 13.8. The SMILES string of the molecule is C[C@H](c1ccc(F)cc1)n1cncc1-c1cccc2c1CCN(S(=O)(=O)c1cnc(N3CCN4C[C@H](O)C[C@H]4C3)s1)C2. The number of anilines is 1. The summed E-state index contributed by atoms with van der Waals surface area (Å²) in [5, 5.41) is 10.8. The van der Waals surface area contributed by atoms with Crippen LogP contribution in [-0.2, 0) is 23.0 Å². The molecule has 2 saturated heterocycles. The van der Waals surface area contributed by atoms with E-state index in [4.69, 9.17) is 0 Å². The van der Waals surface area contributed by atoms with Crippen LogP contribution in [0.15, 0.2) is 65.4 Å². The quantitative estimate of drug-likeness (QED) is 0.356. The number of fused-ring (bicyclic) bond motifs is 2. The third kappa shape index (κ3) is 4.94. The van der Waals surface area contributed by atoms with Crippen molar-refractivity contribution in [2.75, 3.05) is 37.6 Å². The van der Waals surface area contributed by atoms with Crippen LogP contribution < -0.4 is 4.90 Å². The zero-order valence-corrected chi connectivity index (χ0v) is 24.9. The topological polar surface area (TPSA) is 94.8 Å². The molecule has 12 heteroatoms. The Morgan fingerprint density at radius 1 is 1.07 bits per heavy atom. The molecule has 4 aromatic rings. The lowest BCUT2D eigenvalue weighted by molar-refractivity contribution is 0.173. The number of hydrogen-bond donors (Lipinski definition) is 1. The van der Waals surface area contributed by atoms with Crippen LogP contribution in [0.3, 0.4) is 0 Å². The number of halogens is 1. The normalized spacial score (nSPS) is 22.2. The van der Waals surface area contributed by atoms with Gasteiger partial charge in [0.2, 0.25) is 0 Å². The van der Waals surface area contributed by atoms with Gasteiger partial charge in [-0.2, -0.15) is 4.31 Å². The second-order valence-corrected chi connectivity index (χ2v) is 14.6. The van der Waals surface area contributed by atoms with Crippen LogP contribution in [0.4, 0.5) is 9.52 Å². The molecule has 5 heterocycles. The third-order valence-electron chi connectivity index (χ3n) is 8.87. The fourth-order valence-corrected chi connectivity index (χ4v) is 9.31. The molecule has 0 spiro atoms. The summed E-state index contributed by atoms with van der Waals surface area (Å²) in [6, 6.07) is 12.8. The van der Waals surface area contributed by atoms with Gasteiger partial charge in [-0.1, -0.05) is 41.7 Å². The summed E-state index contributed by atoms with van der Waals surface area (Å²) in [6.07, 6.45) is 6.16. The Bertz CT molecular complexity index is 1710. The summed E-state index contributed by atoms with van der Waals surface area (Å²) in [5.41, 5.74) is 5.06. The van der Waals surface area contributed by atoms with Crippen molar-refractivity contribution in [3.63, 3.8) is 0 Å². The highest BCUT2D eigenvalue weighted by Gasteiger charge is 2.37. The molecule has 0 unspecified atom stereocenters. The number of sulfonamides is 1. The second kappa shape index (κ2) is 10.8.